The molecule has 2 heterocycles. The van der Waals surface area contributed by atoms with E-state index >= 15 is 0 Å². The fourth-order valence-electron chi connectivity index (χ4n) is 4.16. The summed E-state index contributed by atoms with van der Waals surface area (Å²) < 4.78 is 52.3. The Morgan fingerprint density at radius 2 is 2.03 bits per heavy atom. The second-order valence-electron chi connectivity index (χ2n) is 8.04. The lowest BCUT2D eigenvalue weighted by atomic mass is 10.0. The molecule has 7 nitrogen and oxygen atoms in total. The van der Waals surface area contributed by atoms with Crippen LogP contribution in [-0.2, 0) is 21.2 Å². The van der Waals surface area contributed by atoms with Crippen LogP contribution in [0.2, 0.25) is 0 Å². The number of aromatic nitrogens is 1. The van der Waals surface area contributed by atoms with E-state index < -0.39 is 10.4 Å². The summed E-state index contributed by atoms with van der Waals surface area (Å²) in [6.07, 6.45) is 0.723. The van der Waals surface area contributed by atoms with Crippen LogP contribution in [0.3, 0.4) is 0 Å². The highest BCUT2D eigenvalue weighted by Crippen LogP contribution is 2.31. The lowest BCUT2D eigenvalue weighted by molar-refractivity contribution is 0.323. The van der Waals surface area contributed by atoms with Crippen molar-refractivity contribution >= 4 is 10.4 Å². The topological polar surface area (TPSA) is 90.7 Å². The van der Waals surface area contributed by atoms with Crippen LogP contribution in [0.1, 0.15) is 23.4 Å². The minimum Gasteiger partial charge on any atom is -0.593 e. The van der Waals surface area contributed by atoms with E-state index in [4.69, 9.17) is 9.26 Å². The maximum Gasteiger partial charge on any atom is 0.240 e. The van der Waals surface area contributed by atoms with Crippen LogP contribution in [0.25, 0.3) is 11.1 Å². The van der Waals surface area contributed by atoms with Gasteiger partial charge in [0.1, 0.15) is 17.3 Å². The molecule has 1 saturated heterocycles. The Labute approximate surface area is 187 Å². The maximum atomic E-state index is 13.7. The summed E-state index contributed by atoms with van der Waals surface area (Å²) in [5.41, 5.74) is 3.03. The van der Waals surface area contributed by atoms with Crippen molar-refractivity contribution in [1.29, 1.82) is 0 Å². The van der Waals surface area contributed by atoms with E-state index in [0.717, 1.165) is 24.1 Å². The summed E-state index contributed by atoms with van der Waals surface area (Å²) >= 11 is 0. The van der Waals surface area contributed by atoms with E-state index in [2.05, 4.69) is 14.8 Å². The highest BCUT2D eigenvalue weighted by atomic mass is 32.3. The molecule has 1 aliphatic rings. The Morgan fingerprint density at radius 1 is 1.28 bits per heavy atom. The Morgan fingerprint density at radius 3 is 2.69 bits per heavy atom. The van der Waals surface area contributed by atoms with Crippen LogP contribution in [0.5, 0.6) is 5.75 Å². The van der Waals surface area contributed by atoms with Gasteiger partial charge in [-0.05, 0) is 42.7 Å². The molecule has 1 aliphatic heterocycles. The van der Waals surface area contributed by atoms with Crippen LogP contribution in [0.4, 0.5) is 4.39 Å². The molecule has 0 bridgehead atoms. The summed E-state index contributed by atoms with van der Waals surface area (Å²) in [6, 6.07) is 12.2. The van der Waals surface area contributed by atoms with Crippen molar-refractivity contribution in [3.63, 3.8) is 0 Å². The average Bonchev–Trinajstić information content (AvgIpc) is 3.33. The van der Waals surface area contributed by atoms with Crippen molar-refractivity contribution in [3.05, 3.63) is 65.3 Å². The number of nitrogens with one attached hydrogen (secondary N) is 1. The number of aryl methyl sites for hydroxylation is 2. The maximum absolute atomic E-state index is 13.7. The van der Waals surface area contributed by atoms with Crippen LogP contribution in [0.15, 0.2) is 51.9 Å². The normalized spacial score (nSPS) is 18.6. The third-order valence-electron chi connectivity index (χ3n) is 5.66. The minimum atomic E-state index is -3.68. The van der Waals surface area contributed by atoms with Gasteiger partial charge in [0.15, 0.2) is 16.2 Å². The number of hydrogen-bond acceptors (Lipinski definition) is 6. The predicted molar refractivity (Wildman–Crippen MR) is 118 cm³/mol. The van der Waals surface area contributed by atoms with E-state index in [1.54, 1.807) is 27.0 Å². The lowest BCUT2D eigenvalue weighted by Crippen LogP contribution is -2.41. The van der Waals surface area contributed by atoms with Gasteiger partial charge in [0.05, 0.1) is 13.2 Å². The zero-order valence-electron chi connectivity index (χ0n) is 18.3. The van der Waals surface area contributed by atoms with Crippen molar-refractivity contribution in [2.75, 3.05) is 20.2 Å². The lowest BCUT2D eigenvalue weighted by Gasteiger charge is -2.20. The number of benzene rings is 2. The highest BCUT2D eigenvalue weighted by molar-refractivity contribution is 7.95. The van der Waals surface area contributed by atoms with Crippen molar-refractivity contribution in [2.45, 2.75) is 37.8 Å². The van der Waals surface area contributed by atoms with Crippen molar-refractivity contribution in [1.82, 2.24) is 14.8 Å². The van der Waals surface area contributed by atoms with Gasteiger partial charge in [0.2, 0.25) is 4.90 Å². The quantitative estimate of drug-likeness (QED) is 0.540. The Hall–Kier alpha value is -2.59. The first-order valence-electron chi connectivity index (χ1n) is 10.4. The van der Waals surface area contributed by atoms with Crippen molar-refractivity contribution in [2.24, 2.45) is 0 Å². The van der Waals surface area contributed by atoms with E-state index in [0.29, 0.717) is 35.9 Å². The summed E-state index contributed by atoms with van der Waals surface area (Å²) in [5, 5.41) is 3.74. The fraction of sp³-hybridized carbons (Fsp3) is 0.348. The van der Waals surface area contributed by atoms with Gasteiger partial charge < -0.3 is 13.8 Å². The Bertz CT molecular complexity index is 1130. The van der Waals surface area contributed by atoms with E-state index in [9.17, 15) is 13.2 Å². The molecule has 0 radical (unpaired) electrons. The number of ether oxygens (including phenoxy) is 1. The molecule has 1 aromatic heterocycles. The summed E-state index contributed by atoms with van der Waals surface area (Å²) in [4.78, 5) is 2.33. The van der Waals surface area contributed by atoms with E-state index in [1.165, 1.54) is 12.1 Å². The monoisotopic (exact) mass is 459 g/mol. The molecule has 4 rings (SSSR count). The molecule has 32 heavy (non-hydrogen) atoms. The zero-order valence-corrected chi connectivity index (χ0v) is 19.1. The van der Waals surface area contributed by atoms with E-state index in [-0.39, 0.29) is 16.8 Å². The van der Waals surface area contributed by atoms with Gasteiger partial charge in [-0.1, -0.05) is 33.6 Å². The Balaban J connectivity index is 1.39. The number of likely N-dealkylation sites (tertiary alicyclic amines) is 1. The van der Waals surface area contributed by atoms with Gasteiger partial charge in [-0.2, -0.15) is 0 Å². The number of halogens is 1. The third kappa shape index (κ3) is 4.75. The summed E-state index contributed by atoms with van der Waals surface area (Å²) in [5.74, 6) is 0.596. The molecule has 170 valence electrons. The van der Waals surface area contributed by atoms with Gasteiger partial charge >= 0.3 is 0 Å². The third-order valence-corrected chi connectivity index (χ3v) is 7.43. The molecule has 0 saturated carbocycles. The number of rotatable bonds is 7. The Kier molecular flexibility index (Phi) is 6.43. The molecule has 0 spiro atoms. The molecular formula is C23H26FN3O4S. The summed E-state index contributed by atoms with van der Waals surface area (Å²) in [7, 11) is -2.12. The second-order valence-corrected chi connectivity index (χ2v) is 9.69. The van der Waals surface area contributed by atoms with Gasteiger partial charge in [-0.3, -0.25) is 4.90 Å². The molecule has 2 unspecified atom stereocenters. The summed E-state index contributed by atoms with van der Waals surface area (Å²) in [6.45, 7) is 5.31. The molecule has 2 aromatic carbocycles. The SMILES string of the molecule is COc1ccc(F)cc1-c1ccc(CN2CCC(N[S+](=O)([O-])c3c(C)noc3C)C2)cc1. The largest absolute Gasteiger partial charge is 0.593 e. The molecule has 1 N–H and O–H groups in total. The van der Waals surface area contributed by atoms with Crippen LogP contribution in [-0.4, -0.2) is 40.9 Å². The predicted octanol–water partition coefficient (Wildman–Crippen LogP) is 3.87. The molecule has 2 atom stereocenters. The zero-order chi connectivity index (χ0) is 22.9. The van der Waals surface area contributed by atoms with Crippen molar-refractivity contribution in [3.8, 4) is 16.9 Å². The number of methoxy groups -OCH3 is 1. The van der Waals surface area contributed by atoms with Crippen molar-refractivity contribution < 1.29 is 22.4 Å². The molecule has 9 heteroatoms. The molecule has 0 amide bonds. The van der Waals surface area contributed by atoms with Crippen LogP contribution in [0, 0.1) is 19.7 Å². The van der Waals surface area contributed by atoms with E-state index in [1.807, 2.05) is 24.3 Å². The number of nitrogens with zero attached hydrogens (tertiary/aromatic N) is 2. The molecular weight excluding hydrogens is 433 g/mol. The standard InChI is InChI=1S/C23H26FN3O4S/c1-15-23(16(2)31-25-15)32(28,29)26-20-10-11-27(14-20)13-17-4-6-18(7-5-17)21-12-19(24)8-9-22(21)30-3/h4-9,12,20H,10-11,13-14H2,1-3H3,(H-,26,28,29). The molecule has 1 fully saturated rings. The first kappa shape index (κ1) is 22.6. The van der Waals surface area contributed by atoms with Gasteiger partial charge in [-0.25, -0.2) is 4.39 Å². The second kappa shape index (κ2) is 9.11. The number of hydrogen-bond donors (Lipinski definition) is 1. The average molecular weight is 460 g/mol. The van der Waals surface area contributed by atoms with Crippen LogP contribution < -0.4 is 9.46 Å². The highest BCUT2D eigenvalue weighted by Gasteiger charge is 2.35. The fourth-order valence-corrected chi connectivity index (χ4v) is 5.75. The van der Waals surface area contributed by atoms with Gasteiger partial charge in [0, 0.05) is 32.1 Å². The minimum absolute atomic E-state index is 0.124. The van der Waals surface area contributed by atoms with Gasteiger partial charge in [-0.15, -0.1) is 4.72 Å². The number of sulfonamides is 1. The van der Waals surface area contributed by atoms with Crippen LogP contribution >= 0.6 is 0 Å². The molecule has 0 aliphatic carbocycles. The first-order chi connectivity index (χ1) is 15.3. The molecule has 3 aromatic rings. The first-order valence-corrected chi connectivity index (χ1v) is 11.9. The van der Waals surface area contributed by atoms with Gasteiger partial charge in [0.25, 0.3) is 0 Å². The smallest absolute Gasteiger partial charge is 0.240 e.